The van der Waals surface area contributed by atoms with Crippen molar-refractivity contribution in [2.75, 3.05) is 13.6 Å². The third kappa shape index (κ3) is 17.8. The number of amides is 9. The van der Waals surface area contributed by atoms with Crippen molar-refractivity contribution in [3.63, 3.8) is 0 Å². The topological polar surface area (TPSA) is 352 Å². The zero-order valence-electron chi connectivity index (χ0n) is 41.8. The summed E-state index contributed by atoms with van der Waals surface area (Å²) in [4.78, 5) is 130. The summed E-state index contributed by atoms with van der Waals surface area (Å²) in [6.07, 6.45) is 10.1. The molecule has 1 fully saturated rings. The molecule has 1 aliphatic rings. The van der Waals surface area contributed by atoms with Crippen LogP contribution in [-0.4, -0.2) is 129 Å². The Labute approximate surface area is 414 Å². The number of hydrogen-bond donors (Lipinski definition) is 11. The lowest BCUT2D eigenvalue weighted by Gasteiger charge is -2.29. The summed E-state index contributed by atoms with van der Waals surface area (Å²) < 4.78 is 0. The highest BCUT2D eigenvalue weighted by molar-refractivity contribution is 5.96. The summed E-state index contributed by atoms with van der Waals surface area (Å²) in [6.45, 7) is 8.21. The number of likely N-dealkylation sites (N-methyl/N-ethyl adjacent to an activating group) is 1. The molecule has 9 amide bonds. The fourth-order valence-corrected chi connectivity index (χ4v) is 8.65. The molecule has 2 heterocycles. The molecule has 22 heteroatoms. The second-order valence-electron chi connectivity index (χ2n) is 19.2. The van der Waals surface area contributed by atoms with E-state index in [-0.39, 0.29) is 50.4 Å². The molecule has 0 aliphatic heterocycles. The van der Waals surface area contributed by atoms with E-state index in [1.165, 1.54) is 26.5 Å². The van der Waals surface area contributed by atoms with Gasteiger partial charge in [-0.15, -0.1) is 0 Å². The van der Waals surface area contributed by atoms with Crippen LogP contribution >= 0.6 is 0 Å². The second-order valence-corrected chi connectivity index (χ2v) is 19.2. The molecule has 4 rings (SSSR count). The van der Waals surface area contributed by atoms with Gasteiger partial charge in [-0.2, -0.15) is 0 Å². The van der Waals surface area contributed by atoms with Crippen molar-refractivity contribution >= 4 is 64.1 Å². The first kappa shape index (κ1) is 56.7. The van der Waals surface area contributed by atoms with Gasteiger partial charge in [0.15, 0.2) is 0 Å². The lowest BCUT2D eigenvalue weighted by molar-refractivity contribution is -0.140. The van der Waals surface area contributed by atoms with Crippen LogP contribution < -0.4 is 49.1 Å². The number of carbonyl (C=O) groups is 9. The Bertz CT molecular complexity index is 2290. The van der Waals surface area contributed by atoms with E-state index in [1.54, 1.807) is 20.0 Å². The zero-order chi connectivity index (χ0) is 52.4. The zero-order valence-corrected chi connectivity index (χ0v) is 41.8. The summed E-state index contributed by atoms with van der Waals surface area (Å²) in [6, 6.07) is 0.288. The Morgan fingerprint density at radius 3 is 2.06 bits per heavy atom. The molecule has 22 nitrogen and oxygen atoms in total. The van der Waals surface area contributed by atoms with Crippen LogP contribution in [0.1, 0.15) is 110 Å². The average Bonchev–Trinajstić information content (AvgIpc) is 4.13. The summed E-state index contributed by atoms with van der Waals surface area (Å²) in [5, 5.41) is 17.3. The number of aromatic nitrogens is 3. The van der Waals surface area contributed by atoms with Crippen molar-refractivity contribution in [3.8, 4) is 0 Å². The number of para-hydroxylation sites is 1. The highest BCUT2D eigenvalue weighted by atomic mass is 16.2. The highest BCUT2D eigenvalue weighted by Crippen LogP contribution is 2.28. The fraction of sp³-hybridized carbons (Fsp3) is 0.592. The number of fused-ring (bicyclic) bond motifs is 1. The molecule has 390 valence electrons. The van der Waals surface area contributed by atoms with E-state index in [2.05, 4.69) is 46.9 Å². The van der Waals surface area contributed by atoms with E-state index in [4.69, 9.17) is 17.2 Å². The molecule has 0 bridgehead atoms. The van der Waals surface area contributed by atoms with Crippen LogP contribution in [0.25, 0.3) is 10.9 Å². The van der Waals surface area contributed by atoms with Crippen molar-refractivity contribution < 1.29 is 43.2 Å². The Balaban J connectivity index is 1.39. The molecule has 0 saturated heterocycles. The third-order valence-electron chi connectivity index (χ3n) is 13.2. The van der Waals surface area contributed by atoms with Crippen LogP contribution in [-0.2, 0) is 56.0 Å². The van der Waals surface area contributed by atoms with E-state index in [1.807, 2.05) is 38.1 Å². The van der Waals surface area contributed by atoms with E-state index < -0.39 is 102 Å². The molecule has 8 atom stereocenters. The van der Waals surface area contributed by atoms with Gasteiger partial charge in [-0.05, 0) is 55.6 Å². The first-order valence-corrected chi connectivity index (χ1v) is 24.6. The number of nitrogens with two attached hydrogens (primary N) is 3. The van der Waals surface area contributed by atoms with Gasteiger partial charge >= 0.3 is 0 Å². The Hall–Kier alpha value is -6.84. The predicted octanol–water partition coefficient (Wildman–Crippen LogP) is 0.204. The number of primary amides is 2. The summed E-state index contributed by atoms with van der Waals surface area (Å²) in [7, 11) is 1.38. The van der Waals surface area contributed by atoms with Crippen LogP contribution in [0, 0.1) is 17.8 Å². The number of imidazole rings is 1. The van der Waals surface area contributed by atoms with Crippen LogP contribution in [0.2, 0.25) is 0 Å². The van der Waals surface area contributed by atoms with Gasteiger partial charge in [-0.3, -0.25) is 43.2 Å². The van der Waals surface area contributed by atoms with Crippen molar-refractivity contribution in [1.29, 1.82) is 0 Å². The third-order valence-corrected chi connectivity index (χ3v) is 13.2. The van der Waals surface area contributed by atoms with Gasteiger partial charge < -0.3 is 64.0 Å². The van der Waals surface area contributed by atoms with Gasteiger partial charge in [0.05, 0.1) is 18.9 Å². The van der Waals surface area contributed by atoms with Crippen LogP contribution in [0.4, 0.5) is 0 Å². The maximum Gasteiger partial charge on any atom is 0.245 e. The van der Waals surface area contributed by atoms with E-state index >= 15 is 0 Å². The first-order chi connectivity index (χ1) is 33.7. The summed E-state index contributed by atoms with van der Waals surface area (Å²) in [5.74, 6) is -5.77. The number of nitrogens with one attached hydrogen (secondary N) is 8. The molecular weight excluding hydrogens is 915 g/mol. The number of aromatic amines is 2. The molecular formula is C49H75N13O9. The molecule has 0 spiro atoms. The lowest BCUT2D eigenvalue weighted by atomic mass is 9.93. The average molecular weight is 990 g/mol. The number of carbonyl (C=O) groups excluding carboxylic acids is 9. The number of hydrogen-bond acceptors (Lipinski definition) is 11. The van der Waals surface area contributed by atoms with Gasteiger partial charge in [0.25, 0.3) is 0 Å². The normalized spacial score (nSPS) is 16.1. The number of H-pyrrole nitrogens is 2. The molecule has 1 aromatic carbocycles. The minimum absolute atomic E-state index is 0.0142. The molecule has 71 heavy (non-hydrogen) atoms. The van der Waals surface area contributed by atoms with Crippen molar-refractivity contribution in [1.82, 2.24) is 51.8 Å². The fourth-order valence-electron chi connectivity index (χ4n) is 8.65. The minimum atomic E-state index is -1.21. The number of benzene rings is 1. The highest BCUT2D eigenvalue weighted by Gasteiger charge is 2.34. The van der Waals surface area contributed by atoms with Gasteiger partial charge in [0.1, 0.15) is 30.2 Å². The maximum absolute atomic E-state index is 14.0. The van der Waals surface area contributed by atoms with E-state index in [0.717, 1.165) is 41.5 Å². The van der Waals surface area contributed by atoms with Crippen LogP contribution in [0.5, 0.6) is 0 Å². The summed E-state index contributed by atoms with van der Waals surface area (Å²) >= 11 is 0. The molecule has 1 aliphatic carbocycles. The Kier molecular flexibility index (Phi) is 22.0. The Morgan fingerprint density at radius 2 is 1.42 bits per heavy atom. The van der Waals surface area contributed by atoms with E-state index in [9.17, 15) is 43.2 Å². The quantitative estimate of drug-likeness (QED) is 0.0447. The van der Waals surface area contributed by atoms with Crippen molar-refractivity contribution in [2.24, 2.45) is 35.0 Å². The molecule has 3 aromatic rings. The van der Waals surface area contributed by atoms with Crippen molar-refractivity contribution in [2.45, 2.75) is 154 Å². The van der Waals surface area contributed by atoms with Crippen LogP contribution in [0.3, 0.4) is 0 Å². The molecule has 1 unspecified atom stereocenters. The molecule has 14 N–H and O–H groups in total. The second kappa shape index (κ2) is 27.5. The largest absolute Gasteiger partial charge is 0.370 e. The minimum Gasteiger partial charge on any atom is -0.370 e. The number of rotatable bonds is 29. The van der Waals surface area contributed by atoms with Gasteiger partial charge in [-0.1, -0.05) is 78.0 Å². The molecule has 1 saturated carbocycles. The van der Waals surface area contributed by atoms with Gasteiger partial charge in [-0.25, -0.2) is 4.98 Å². The maximum atomic E-state index is 14.0. The predicted molar refractivity (Wildman–Crippen MR) is 265 cm³/mol. The first-order valence-electron chi connectivity index (χ1n) is 24.6. The SMILES string of the molecule is CCC(C)[C@@H](CCC(=O)N[C@@H](CC1CCCC1)C(N)=O)NC(=O)[C@H](Cc1cnc[nH]1)NC(=O)CN(C)C(=O)[C@@H](NC(=O)[C@H](C)NC(=O)[C@H](Cc1c[nH]c2ccccc12)NC(=O)[C@@H](N)CCC(N)=O)C(C)C. The lowest BCUT2D eigenvalue weighted by Crippen LogP contribution is -2.59. The van der Waals surface area contributed by atoms with Crippen molar-refractivity contribution in [3.05, 3.63) is 54.2 Å². The van der Waals surface area contributed by atoms with Crippen LogP contribution in [0.15, 0.2) is 43.0 Å². The number of nitrogens with zero attached hydrogens (tertiary/aromatic N) is 2. The summed E-state index contributed by atoms with van der Waals surface area (Å²) in [5.41, 5.74) is 18.9. The monoisotopic (exact) mass is 990 g/mol. The van der Waals surface area contributed by atoms with E-state index in [0.29, 0.717) is 30.0 Å². The molecule has 0 radical (unpaired) electrons. The van der Waals surface area contributed by atoms with Gasteiger partial charge in [0.2, 0.25) is 53.2 Å². The Morgan fingerprint density at radius 1 is 0.761 bits per heavy atom. The molecule has 2 aromatic heterocycles. The van der Waals surface area contributed by atoms with Gasteiger partial charge in [0, 0.05) is 67.8 Å². The standard InChI is InChI=1S/C49H75N13O9/c1-7-28(4)35(17-19-41(64)57-37(44(52)66)20-30-12-8-9-13-30)59-48(70)39(22-32-24-53-26-55-32)58-42(65)25-62(6)49(71)43(27(2)3)61-45(67)29(5)56-47(69)38(60-46(68)34(50)16-18-40(51)63)21-31-23-54-36-15-11-10-14-33(31)36/h10-11,14-15,23-24,26-30,34-35,37-39,43,54H,7-9,12-13,16-22,25,50H2,1-6H3,(H2,51,63)(H2,52,66)(H,53,55)(H,56,69)(H,57,64)(H,58,65)(H,59,70)(H,60,68)(H,61,67)/t28?,29-,34-,35+,37-,38-,39-,43-/m0/s1. The smallest absolute Gasteiger partial charge is 0.245 e.